The average Bonchev–Trinajstić information content (AvgIpc) is 2.84. The minimum absolute atomic E-state index is 0.467. The number of rotatable bonds is 2. The summed E-state index contributed by atoms with van der Waals surface area (Å²) in [6.45, 7) is 4.91. The fourth-order valence-electron chi connectivity index (χ4n) is 2.89. The molecule has 2 aliphatic heterocycles. The van der Waals surface area contributed by atoms with Crippen LogP contribution in [0.1, 0.15) is 24.8 Å². The molecule has 3 heteroatoms. The van der Waals surface area contributed by atoms with Gasteiger partial charge in [-0.25, -0.2) is 0 Å². The molecule has 0 aromatic heterocycles. The fraction of sp³-hybridized carbons (Fsp3) is 0.571. The van der Waals surface area contributed by atoms with Gasteiger partial charge in [-0.1, -0.05) is 18.2 Å². The van der Waals surface area contributed by atoms with Crippen LogP contribution in [0, 0.1) is 0 Å². The first kappa shape index (κ1) is 11.6. The van der Waals surface area contributed by atoms with Crippen LogP contribution in [0.4, 0.5) is 0 Å². The van der Waals surface area contributed by atoms with E-state index in [0.29, 0.717) is 5.92 Å². The molecule has 1 saturated heterocycles. The highest BCUT2D eigenvalue weighted by molar-refractivity contribution is 7.99. The molecule has 1 aromatic carbocycles. The van der Waals surface area contributed by atoms with E-state index in [9.17, 15) is 5.11 Å². The molecule has 1 N–H and O–H groups in total. The summed E-state index contributed by atoms with van der Waals surface area (Å²) < 4.78 is 0. The van der Waals surface area contributed by atoms with Gasteiger partial charge in [0, 0.05) is 36.2 Å². The fourth-order valence-corrected chi connectivity index (χ4v) is 4.13. The van der Waals surface area contributed by atoms with E-state index < -0.39 is 5.60 Å². The number of hydrogen-bond acceptors (Lipinski definition) is 3. The van der Waals surface area contributed by atoms with E-state index >= 15 is 0 Å². The van der Waals surface area contributed by atoms with Gasteiger partial charge in [0.05, 0.1) is 5.60 Å². The van der Waals surface area contributed by atoms with Crippen molar-refractivity contribution in [2.45, 2.75) is 29.8 Å². The zero-order valence-electron chi connectivity index (χ0n) is 10.2. The van der Waals surface area contributed by atoms with Gasteiger partial charge in [-0.15, -0.1) is 11.8 Å². The van der Waals surface area contributed by atoms with E-state index in [-0.39, 0.29) is 0 Å². The monoisotopic (exact) mass is 249 g/mol. The second-order valence-electron chi connectivity index (χ2n) is 5.53. The van der Waals surface area contributed by atoms with Gasteiger partial charge in [0.25, 0.3) is 0 Å². The Morgan fingerprint density at radius 3 is 3.06 bits per heavy atom. The summed E-state index contributed by atoms with van der Waals surface area (Å²) in [6, 6.07) is 8.74. The van der Waals surface area contributed by atoms with E-state index in [0.717, 1.165) is 26.1 Å². The number of hydrogen-bond donors (Lipinski definition) is 1. The summed E-state index contributed by atoms with van der Waals surface area (Å²) in [4.78, 5) is 3.86. The van der Waals surface area contributed by atoms with Crippen molar-refractivity contribution in [3.8, 4) is 0 Å². The molecule has 92 valence electrons. The minimum atomic E-state index is -0.467. The number of aliphatic hydroxyl groups is 1. The van der Waals surface area contributed by atoms with Crippen molar-refractivity contribution in [2.75, 3.05) is 25.4 Å². The van der Waals surface area contributed by atoms with Crippen molar-refractivity contribution in [3.05, 3.63) is 29.8 Å². The number of nitrogens with zero attached hydrogens (tertiary/aromatic N) is 1. The third kappa shape index (κ3) is 2.37. The smallest absolute Gasteiger partial charge is 0.0758 e. The lowest BCUT2D eigenvalue weighted by Gasteiger charge is -2.22. The van der Waals surface area contributed by atoms with E-state index in [1.54, 1.807) is 0 Å². The summed E-state index contributed by atoms with van der Waals surface area (Å²) in [6.07, 6.45) is 0.911. The largest absolute Gasteiger partial charge is 0.389 e. The van der Waals surface area contributed by atoms with Crippen molar-refractivity contribution >= 4 is 11.8 Å². The summed E-state index contributed by atoms with van der Waals surface area (Å²) in [5.74, 6) is 1.84. The molecule has 0 amide bonds. The Hall–Kier alpha value is -0.510. The van der Waals surface area contributed by atoms with Gasteiger partial charge >= 0.3 is 0 Å². The molecule has 2 aliphatic rings. The molecule has 2 nitrogen and oxygen atoms in total. The Morgan fingerprint density at radius 2 is 2.29 bits per heavy atom. The second-order valence-corrected chi connectivity index (χ2v) is 6.59. The van der Waals surface area contributed by atoms with Gasteiger partial charge in [0.15, 0.2) is 0 Å². The Morgan fingerprint density at radius 1 is 1.47 bits per heavy atom. The highest BCUT2D eigenvalue weighted by Crippen LogP contribution is 2.40. The quantitative estimate of drug-likeness (QED) is 0.870. The van der Waals surface area contributed by atoms with Crippen LogP contribution in [0.25, 0.3) is 0 Å². The van der Waals surface area contributed by atoms with Gasteiger partial charge < -0.3 is 5.11 Å². The van der Waals surface area contributed by atoms with Crippen LogP contribution in [0.3, 0.4) is 0 Å². The molecular weight excluding hydrogens is 230 g/mol. The molecule has 1 fully saturated rings. The molecule has 2 unspecified atom stereocenters. The van der Waals surface area contributed by atoms with Gasteiger partial charge in [0.1, 0.15) is 0 Å². The maximum absolute atomic E-state index is 9.99. The van der Waals surface area contributed by atoms with Crippen LogP contribution in [0.15, 0.2) is 29.2 Å². The van der Waals surface area contributed by atoms with Crippen LogP contribution >= 0.6 is 11.8 Å². The summed E-state index contributed by atoms with van der Waals surface area (Å²) >= 11 is 1.97. The molecule has 3 rings (SSSR count). The molecule has 0 spiro atoms. The van der Waals surface area contributed by atoms with Crippen molar-refractivity contribution in [3.63, 3.8) is 0 Å². The van der Waals surface area contributed by atoms with E-state index in [2.05, 4.69) is 29.2 Å². The lowest BCUT2D eigenvalue weighted by atomic mass is 10.0. The lowest BCUT2D eigenvalue weighted by molar-refractivity contribution is 0.0683. The Bertz CT molecular complexity index is 418. The molecule has 17 heavy (non-hydrogen) atoms. The predicted octanol–water partition coefficient (Wildman–Crippen LogP) is 2.33. The molecule has 1 aromatic rings. The van der Waals surface area contributed by atoms with Crippen molar-refractivity contribution in [1.29, 1.82) is 0 Å². The molecule has 2 heterocycles. The molecule has 0 saturated carbocycles. The normalized spacial score (nSPS) is 32.9. The molecule has 0 bridgehead atoms. The molecule has 0 aliphatic carbocycles. The maximum Gasteiger partial charge on any atom is 0.0758 e. The highest BCUT2D eigenvalue weighted by Gasteiger charge is 2.33. The Kier molecular flexibility index (Phi) is 2.93. The van der Waals surface area contributed by atoms with Gasteiger partial charge in [0.2, 0.25) is 0 Å². The van der Waals surface area contributed by atoms with Gasteiger partial charge in [-0.3, -0.25) is 4.90 Å². The zero-order chi connectivity index (χ0) is 11.9. The Balaban J connectivity index is 1.68. The van der Waals surface area contributed by atoms with E-state index in [1.807, 2.05) is 18.7 Å². The van der Waals surface area contributed by atoms with Crippen molar-refractivity contribution in [1.82, 2.24) is 4.90 Å². The molecular formula is C14H19NOS. The predicted molar refractivity (Wildman–Crippen MR) is 71.6 cm³/mol. The number of fused-ring (bicyclic) bond motifs is 1. The van der Waals surface area contributed by atoms with Crippen LogP contribution in [0.5, 0.6) is 0 Å². The summed E-state index contributed by atoms with van der Waals surface area (Å²) in [7, 11) is 0. The van der Waals surface area contributed by atoms with Crippen LogP contribution in [-0.4, -0.2) is 41.0 Å². The topological polar surface area (TPSA) is 23.5 Å². The number of β-amino-alcohol motifs (C(OH)–C–C–N with tert-alkyl or cyclic N) is 1. The van der Waals surface area contributed by atoms with E-state index in [4.69, 9.17) is 0 Å². The first-order valence-corrected chi connectivity index (χ1v) is 7.29. The molecule has 0 radical (unpaired) electrons. The SMILES string of the molecule is CC1(O)CCN(CC2CSc3ccccc32)C1. The number of thioether (sulfide) groups is 1. The first-order valence-electron chi connectivity index (χ1n) is 6.30. The van der Waals surface area contributed by atoms with Crippen molar-refractivity contribution in [2.24, 2.45) is 0 Å². The summed E-state index contributed by atoms with van der Waals surface area (Å²) in [5, 5.41) is 9.99. The Labute approximate surface area is 107 Å². The maximum atomic E-state index is 9.99. The highest BCUT2D eigenvalue weighted by atomic mass is 32.2. The number of likely N-dealkylation sites (tertiary alicyclic amines) is 1. The lowest BCUT2D eigenvalue weighted by Crippen LogP contribution is -2.32. The third-order valence-electron chi connectivity index (χ3n) is 3.81. The second kappa shape index (κ2) is 4.30. The van der Waals surface area contributed by atoms with Crippen molar-refractivity contribution < 1.29 is 5.11 Å². The minimum Gasteiger partial charge on any atom is -0.389 e. The summed E-state index contributed by atoms with van der Waals surface area (Å²) in [5.41, 5.74) is 1.04. The first-order chi connectivity index (χ1) is 8.14. The molecule has 2 atom stereocenters. The number of benzene rings is 1. The van der Waals surface area contributed by atoms with Gasteiger partial charge in [-0.05, 0) is 25.0 Å². The van der Waals surface area contributed by atoms with Crippen LogP contribution in [0.2, 0.25) is 0 Å². The van der Waals surface area contributed by atoms with E-state index in [1.165, 1.54) is 16.2 Å². The third-order valence-corrected chi connectivity index (χ3v) is 5.06. The van der Waals surface area contributed by atoms with Crippen LogP contribution in [-0.2, 0) is 0 Å². The standard InChI is InChI=1S/C14H19NOS/c1-14(16)6-7-15(10-14)8-11-9-17-13-5-3-2-4-12(11)13/h2-5,11,16H,6-10H2,1H3. The zero-order valence-corrected chi connectivity index (χ0v) is 11.0. The van der Waals surface area contributed by atoms with Crippen LogP contribution < -0.4 is 0 Å². The average molecular weight is 249 g/mol. The van der Waals surface area contributed by atoms with Gasteiger partial charge in [-0.2, -0.15) is 0 Å².